The highest BCUT2D eigenvalue weighted by atomic mass is 35.5. The van der Waals surface area contributed by atoms with Gasteiger partial charge in [-0.2, -0.15) is 4.31 Å². The second-order valence-electron chi connectivity index (χ2n) is 6.16. The van der Waals surface area contributed by atoms with E-state index in [9.17, 15) is 18.5 Å². The van der Waals surface area contributed by atoms with Crippen molar-refractivity contribution in [3.05, 3.63) is 68.2 Å². The van der Waals surface area contributed by atoms with Gasteiger partial charge in [-0.05, 0) is 17.7 Å². The van der Waals surface area contributed by atoms with Crippen molar-refractivity contribution in [1.82, 2.24) is 9.21 Å². The summed E-state index contributed by atoms with van der Waals surface area (Å²) in [5, 5.41) is 11.1. The Bertz CT molecular complexity index is 960. The van der Waals surface area contributed by atoms with Crippen LogP contribution in [0.5, 0.6) is 0 Å². The van der Waals surface area contributed by atoms with E-state index in [1.54, 1.807) is 18.2 Å². The van der Waals surface area contributed by atoms with Crippen LogP contribution in [0, 0.1) is 10.1 Å². The Morgan fingerprint density at radius 1 is 1.04 bits per heavy atom. The van der Waals surface area contributed by atoms with Crippen molar-refractivity contribution in [1.29, 1.82) is 0 Å². The number of nitro benzene ring substituents is 1. The number of halogens is 2. The molecule has 1 heterocycles. The van der Waals surface area contributed by atoms with Crippen LogP contribution in [0.3, 0.4) is 0 Å². The highest BCUT2D eigenvalue weighted by molar-refractivity contribution is 7.89. The van der Waals surface area contributed by atoms with E-state index in [1.165, 1.54) is 22.5 Å². The van der Waals surface area contributed by atoms with E-state index in [1.807, 2.05) is 6.07 Å². The minimum absolute atomic E-state index is 0.00352. The molecular weight excluding hydrogens is 413 g/mol. The third-order valence-corrected chi connectivity index (χ3v) is 7.26. The van der Waals surface area contributed by atoms with Gasteiger partial charge in [0.2, 0.25) is 10.0 Å². The molecule has 7 nitrogen and oxygen atoms in total. The molecule has 1 saturated heterocycles. The molecule has 3 rings (SSSR count). The molecule has 0 amide bonds. The molecule has 2 aromatic carbocycles. The summed E-state index contributed by atoms with van der Waals surface area (Å²) in [6.07, 6.45) is 0. The highest BCUT2D eigenvalue weighted by Gasteiger charge is 2.30. The Kier molecular flexibility index (Phi) is 6.02. The van der Waals surface area contributed by atoms with Crippen LogP contribution in [0.15, 0.2) is 47.4 Å². The first kappa shape index (κ1) is 20.0. The molecule has 0 radical (unpaired) electrons. The molecule has 0 unspecified atom stereocenters. The summed E-state index contributed by atoms with van der Waals surface area (Å²) < 4.78 is 27.1. The Morgan fingerprint density at radius 3 is 2.37 bits per heavy atom. The predicted molar refractivity (Wildman–Crippen MR) is 104 cm³/mol. The molecule has 27 heavy (non-hydrogen) atoms. The number of sulfonamides is 1. The van der Waals surface area contributed by atoms with E-state index in [2.05, 4.69) is 4.90 Å². The van der Waals surface area contributed by atoms with Gasteiger partial charge in [0.05, 0.1) is 15.0 Å². The third-order valence-electron chi connectivity index (χ3n) is 4.39. The standard InChI is InChI=1S/C17H17Cl2N3O4S/c18-15-5-2-6-16(17(15)19)27(25,26)21-9-7-20(8-10-21)12-13-3-1-4-14(11-13)22(23)24/h1-6,11H,7-10,12H2. The lowest BCUT2D eigenvalue weighted by Crippen LogP contribution is -2.48. The quantitative estimate of drug-likeness (QED) is 0.536. The van der Waals surface area contributed by atoms with E-state index in [-0.39, 0.29) is 20.6 Å². The normalized spacial score (nSPS) is 16.4. The third kappa shape index (κ3) is 4.41. The Hall–Kier alpha value is -1.71. The van der Waals surface area contributed by atoms with E-state index in [4.69, 9.17) is 23.2 Å². The van der Waals surface area contributed by atoms with Gasteiger partial charge in [-0.1, -0.05) is 41.4 Å². The number of non-ortho nitro benzene ring substituents is 1. The summed E-state index contributed by atoms with van der Waals surface area (Å²) in [6.45, 7) is 2.16. The maximum absolute atomic E-state index is 12.8. The second-order valence-corrected chi connectivity index (χ2v) is 8.85. The zero-order valence-corrected chi connectivity index (χ0v) is 16.5. The molecule has 0 saturated carbocycles. The number of piperazine rings is 1. The SMILES string of the molecule is O=[N+]([O-])c1cccc(CN2CCN(S(=O)(=O)c3cccc(Cl)c3Cl)CC2)c1. The average Bonchev–Trinajstić information content (AvgIpc) is 2.64. The Labute approximate surface area is 167 Å². The second kappa shape index (κ2) is 8.12. The molecule has 0 aliphatic carbocycles. The maximum atomic E-state index is 12.8. The molecule has 0 spiro atoms. The first-order chi connectivity index (χ1) is 12.8. The lowest BCUT2D eigenvalue weighted by molar-refractivity contribution is -0.384. The largest absolute Gasteiger partial charge is 0.296 e. The van der Waals surface area contributed by atoms with Gasteiger partial charge in [0, 0.05) is 44.9 Å². The molecule has 2 aromatic rings. The van der Waals surface area contributed by atoms with Crippen molar-refractivity contribution >= 4 is 38.9 Å². The van der Waals surface area contributed by atoms with Crippen LogP contribution in [-0.2, 0) is 16.6 Å². The smallest absolute Gasteiger partial charge is 0.269 e. The summed E-state index contributed by atoms with van der Waals surface area (Å²) in [5.74, 6) is 0. The van der Waals surface area contributed by atoms with Gasteiger partial charge < -0.3 is 0 Å². The zero-order valence-electron chi connectivity index (χ0n) is 14.2. The van der Waals surface area contributed by atoms with Gasteiger partial charge in [0.15, 0.2) is 0 Å². The first-order valence-corrected chi connectivity index (χ1v) is 10.4. The molecule has 10 heteroatoms. The number of hydrogen-bond acceptors (Lipinski definition) is 5. The fraction of sp³-hybridized carbons (Fsp3) is 0.294. The number of benzene rings is 2. The van der Waals surface area contributed by atoms with Crippen LogP contribution in [0.4, 0.5) is 5.69 Å². The molecule has 0 N–H and O–H groups in total. The van der Waals surface area contributed by atoms with E-state index in [0.29, 0.717) is 32.7 Å². The molecule has 1 fully saturated rings. The summed E-state index contributed by atoms with van der Waals surface area (Å²) >= 11 is 12.0. The minimum Gasteiger partial charge on any atom is -0.296 e. The topological polar surface area (TPSA) is 83.8 Å². The van der Waals surface area contributed by atoms with Crippen molar-refractivity contribution in [2.45, 2.75) is 11.4 Å². The fourth-order valence-corrected chi connectivity index (χ4v) is 5.14. The fourth-order valence-electron chi connectivity index (χ4n) is 2.98. The average molecular weight is 430 g/mol. The van der Waals surface area contributed by atoms with Gasteiger partial charge in [-0.15, -0.1) is 0 Å². The first-order valence-electron chi connectivity index (χ1n) is 8.19. The lowest BCUT2D eigenvalue weighted by atomic mass is 10.2. The van der Waals surface area contributed by atoms with Crippen molar-refractivity contribution < 1.29 is 13.3 Å². The number of nitro groups is 1. The van der Waals surface area contributed by atoms with E-state index in [0.717, 1.165) is 5.56 Å². The minimum atomic E-state index is -3.73. The van der Waals surface area contributed by atoms with E-state index < -0.39 is 14.9 Å². The van der Waals surface area contributed by atoms with Crippen molar-refractivity contribution in [2.75, 3.05) is 26.2 Å². The molecular formula is C17H17Cl2N3O4S. The van der Waals surface area contributed by atoms with Gasteiger partial charge in [0.25, 0.3) is 5.69 Å². The molecule has 1 aliphatic heterocycles. The summed E-state index contributed by atoms with van der Waals surface area (Å²) in [5.41, 5.74) is 0.864. The number of nitrogens with zero attached hydrogens (tertiary/aromatic N) is 3. The molecule has 0 bridgehead atoms. The van der Waals surface area contributed by atoms with Crippen LogP contribution in [0.25, 0.3) is 0 Å². The van der Waals surface area contributed by atoms with Gasteiger partial charge in [0.1, 0.15) is 4.90 Å². The number of hydrogen-bond donors (Lipinski definition) is 0. The monoisotopic (exact) mass is 429 g/mol. The highest BCUT2D eigenvalue weighted by Crippen LogP contribution is 2.31. The molecule has 0 aromatic heterocycles. The van der Waals surface area contributed by atoms with Crippen LogP contribution in [-0.4, -0.2) is 48.7 Å². The summed E-state index contributed by atoms with van der Waals surface area (Å²) in [4.78, 5) is 12.5. The van der Waals surface area contributed by atoms with Gasteiger partial charge >= 0.3 is 0 Å². The van der Waals surface area contributed by atoms with Crippen molar-refractivity contribution in [3.63, 3.8) is 0 Å². The molecule has 1 aliphatic rings. The van der Waals surface area contributed by atoms with Crippen molar-refractivity contribution in [3.8, 4) is 0 Å². The van der Waals surface area contributed by atoms with Crippen LogP contribution < -0.4 is 0 Å². The summed E-state index contributed by atoms with van der Waals surface area (Å²) in [6, 6.07) is 11.0. The van der Waals surface area contributed by atoms with Gasteiger partial charge in [-0.3, -0.25) is 15.0 Å². The molecule has 0 atom stereocenters. The lowest BCUT2D eigenvalue weighted by Gasteiger charge is -2.34. The van der Waals surface area contributed by atoms with Crippen LogP contribution >= 0.6 is 23.2 Å². The van der Waals surface area contributed by atoms with Crippen molar-refractivity contribution in [2.24, 2.45) is 0 Å². The Balaban J connectivity index is 1.67. The van der Waals surface area contributed by atoms with Crippen LogP contribution in [0.2, 0.25) is 10.0 Å². The summed E-state index contributed by atoms with van der Waals surface area (Å²) in [7, 11) is -3.73. The Morgan fingerprint density at radius 2 is 1.70 bits per heavy atom. The number of rotatable bonds is 5. The zero-order chi connectivity index (χ0) is 19.6. The van der Waals surface area contributed by atoms with Crippen LogP contribution in [0.1, 0.15) is 5.56 Å². The van der Waals surface area contributed by atoms with Gasteiger partial charge in [-0.25, -0.2) is 8.42 Å². The van der Waals surface area contributed by atoms with E-state index >= 15 is 0 Å². The maximum Gasteiger partial charge on any atom is 0.269 e. The predicted octanol–water partition coefficient (Wildman–Crippen LogP) is 3.41. The molecule has 144 valence electrons.